The first-order valence-electron chi connectivity index (χ1n) is 6.40. The number of anilines is 2. The van der Waals surface area contributed by atoms with Gasteiger partial charge in [0.05, 0.1) is 5.69 Å². The number of aromatic nitrogens is 3. The van der Waals surface area contributed by atoms with Gasteiger partial charge in [0.15, 0.2) is 3.92 Å². The molecule has 0 unspecified atom stereocenters. The van der Waals surface area contributed by atoms with Gasteiger partial charge in [0, 0.05) is 17.3 Å². The summed E-state index contributed by atoms with van der Waals surface area (Å²) in [6, 6.07) is 8.13. The van der Waals surface area contributed by atoms with Gasteiger partial charge in [-0.1, -0.05) is 6.07 Å². The zero-order chi connectivity index (χ0) is 14.8. The van der Waals surface area contributed by atoms with E-state index in [0.717, 1.165) is 21.0 Å². The molecule has 0 aliphatic carbocycles. The van der Waals surface area contributed by atoms with Gasteiger partial charge in [-0.15, -0.1) is 11.3 Å². The maximum atomic E-state index is 4.51. The van der Waals surface area contributed by atoms with E-state index in [2.05, 4.69) is 68.2 Å². The van der Waals surface area contributed by atoms with Crippen LogP contribution < -0.4 is 5.32 Å². The quantitative estimate of drug-likeness (QED) is 0.733. The molecule has 0 bridgehead atoms. The summed E-state index contributed by atoms with van der Waals surface area (Å²) in [5, 5.41) is 5.21. The Kier molecular flexibility index (Phi) is 3.98. The van der Waals surface area contributed by atoms with E-state index in [1.807, 2.05) is 11.4 Å². The molecule has 3 rings (SSSR count). The summed E-state index contributed by atoms with van der Waals surface area (Å²) >= 11 is 4.90. The average molecular weight is 361 g/mol. The van der Waals surface area contributed by atoms with E-state index in [0.29, 0.717) is 5.95 Å². The topological polar surface area (TPSA) is 50.7 Å². The highest BCUT2D eigenvalue weighted by Crippen LogP contribution is 2.24. The number of thiazole rings is 1. The maximum absolute atomic E-state index is 4.51. The molecule has 0 radical (unpaired) electrons. The zero-order valence-electron chi connectivity index (χ0n) is 11.6. The SMILES string of the molecule is Cc1cc(C)cc(Nc2nccc(-c3csc(Br)n3)n2)c1. The Balaban J connectivity index is 1.89. The lowest BCUT2D eigenvalue weighted by Gasteiger charge is -2.07. The van der Waals surface area contributed by atoms with Crippen LogP contribution in [-0.2, 0) is 0 Å². The number of rotatable bonds is 3. The lowest BCUT2D eigenvalue weighted by atomic mass is 10.1. The highest BCUT2D eigenvalue weighted by atomic mass is 79.9. The summed E-state index contributed by atoms with van der Waals surface area (Å²) in [7, 11) is 0. The minimum atomic E-state index is 0.571. The van der Waals surface area contributed by atoms with Crippen molar-refractivity contribution in [1.82, 2.24) is 15.0 Å². The van der Waals surface area contributed by atoms with Crippen molar-refractivity contribution in [3.63, 3.8) is 0 Å². The fourth-order valence-electron chi connectivity index (χ4n) is 2.11. The monoisotopic (exact) mass is 360 g/mol. The first-order chi connectivity index (χ1) is 10.1. The Morgan fingerprint density at radius 2 is 1.81 bits per heavy atom. The van der Waals surface area contributed by atoms with Gasteiger partial charge in [-0.2, -0.15) is 0 Å². The third kappa shape index (κ3) is 3.46. The van der Waals surface area contributed by atoms with Gasteiger partial charge >= 0.3 is 0 Å². The second-order valence-corrected chi connectivity index (χ2v) is 6.89. The lowest BCUT2D eigenvalue weighted by Crippen LogP contribution is -1.98. The van der Waals surface area contributed by atoms with Gasteiger partial charge in [0.2, 0.25) is 5.95 Å². The summed E-state index contributed by atoms with van der Waals surface area (Å²) in [6.45, 7) is 4.14. The Labute approximate surface area is 135 Å². The van der Waals surface area contributed by atoms with Crippen LogP contribution in [0.1, 0.15) is 11.1 Å². The molecule has 0 spiro atoms. The molecule has 2 aromatic heterocycles. The van der Waals surface area contributed by atoms with Gasteiger partial charge < -0.3 is 5.32 Å². The molecular weight excluding hydrogens is 348 g/mol. The first kappa shape index (κ1) is 14.2. The van der Waals surface area contributed by atoms with Crippen molar-refractivity contribution < 1.29 is 0 Å². The molecule has 0 saturated heterocycles. The van der Waals surface area contributed by atoms with Crippen LogP contribution in [0.2, 0.25) is 0 Å². The fraction of sp³-hybridized carbons (Fsp3) is 0.133. The predicted octanol–water partition coefficient (Wildman–Crippen LogP) is 4.72. The maximum Gasteiger partial charge on any atom is 0.227 e. The predicted molar refractivity (Wildman–Crippen MR) is 90.0 cm³/mol. The van der Waals surface area contributed by atoms with Gasteiger partial charge in [-0.3, -0.25) is 0 Å². The number of hydrogen-bond donors (Lipinski definition) is 1. The summed E-state index contributed by atoms with van der Waals surface area (Å²) in [4.78, 5) is 13.2. The van der Waals surface area contributed by atoms with E-state index in [-0.39, 0.29) is 0 Å². The number of nitrogens with one attached hydrogen (secondary N) is 1. The molecule has 0 saturated carbocycles. The van der Waals surface area contributed by atoms with Crippen molar-refractivity contribution in [3.05, 3.63) is 50.9 Å². The van der Waals surface area contributed by atoms with Gasteiger partial charge in [-0.25, -0.2) is 15.0 Å². The molecule has 106 valence electrons. The molecule has 1 N–H and O–H groups in total. The highest BCUT2D eigenvalue weighted by molar-refractivity contribution is 9.11. The molecule has 0 fully saturated rings. The number of aryl methyl sites for hydroxylation is 2. The number of nitrogens with zero attached hydrogens (tertiary/aromatic N) is 3. The van der Waals surface area contributed by atoms with E-state index in [4.69, 9.17) is 0 Å². The van der Waals surface area contributed by atoms with Crippen LogP contribution in [0.5, 0.6) is 0 Å². The molecule has 4 nitrogen and oxygen atoms in total. The van der Waals surface area contributed by atoms with Crippen LogP contribution in [0.25, 0.3) is 11.4 Å². The second kappa shape index (κ2) is 5.91. The van der Waals surface area contributed by atoms with Crippen LogP contribution in [-0.4, -0.2) is 15.0 Å². The molecule has 3 aromatic rings. The summed E-state index contributed by atoms with van der Waals surface area (Å²) in [5.41, 5.74) is 5.05. The molecule has 21 heavy (non-hydrogen) atoms. The zero-order valence-corrected chi connectivity index (χ0v) is 14.0. The lowest BCUT2D eigenvalue weighted by molar-refractivity contribution is 1.15. The van der Waals surface area contributed by atoms with Crippen LogP contribution in [0.3, 0.4) is 0 Å². The fourth-order valence-corrected chi connectivity index (χ4v) is 3.11. The normalized spacial score (nSPS) is 10.6. The highest BCUT2D eigenvalue weighted by Gasteiger charge is 2.06. The van der Waals surface area contributed by atoms with Crippen molar-refractivity contribution in [3.8, 4) is 11.4 Å². The van der Waals surface area contributed by atoms with Crippen molar-refractivity contribution in [2.45, 2.75) is 13.8 Å². The van der Waals surface area contributed by atoms with Crippen LogP contribution in [0, 0.1) is 13.8 Å². The third-order valence-electron chi connectivity index (χ3n) is 2.87. The molecule has 0 aliphatic rings. The van der Waals surface area contributed by atoms with Crippen LogP contribution in [0.4, 0.5) is 11.6 Å². The molecule has 0 atom stereocenters. The van der Waals surface area contributed by atoms with Crippen molar-refractivity contribution in [2.24, 2.45) is 0 Å². The number of benzene rings is 1. The average Bonchev–Trinajstić information content (AvgIpc) is 2.84. The molecule has 1 aromatic carbocycles. The first-order valence-corrected chi connectivity index (χ1v) is 8.07. The Morgan fingerprint density at radius 1 is 1.05 bits per heavy atom. The molecular formula is C15H13BrN4S. The standard InChI is InChI=1S/C15H13BrN4S/c1-9-5-10(2)7-11(6-9)18-15-17-4-3-12(20-15)13-8-21-14(16)19-13/h3-8H,1-2H3,(H,17,18,20). The Morgan fingerprint density at radius 3 is 2.48 bits per heavy atom. The second-order valence-electron chi connectivity index (χ2n) is 4.75. The van der Waals surface area contributed by atoms with Crippen molar-refractivity contribution in [2.75, 3.05) is 5.32 Å². The number of hydrogen-bond acceptors (Lipinski definition) is 5. The van der Waals surface area contributed by atoms with Crippen molar-refractivity contribution in [1.29, 1.82) is 0 Å². The molecule has 6 heteroatoms. The van der Waals surface area contributed by atoms with Gasteiger partial charge in [0.1, 0.15) is 5.69 Å². The molecule has 0 aliphatic heterocycles. The smallest absolute Gasteiger partial charge is 0.227 e. The van der Waals surface area contributed by atoms with Crippen LogP contribution >= 0.6 is 27.3 Å². The van der Waals surface area contributed by atoms with Crippen molar-refractivity contribution >= 4 is 38.9 Å². The molecule has 0 amide bonds. The summed E-state index contributed by atoms with van der Waals surface area (Å²) in [6.07, 6.45) is 1.74. The summed E-state index contributed by atoms with van der Waals surface area (Å²) in [5.74, 6) is 0.571. The largest absolute Gasteiger partial charge is 0.324 e. The Bertz CT molecular complexity index is 765. The summed E-state index contributed by atoms with van der Waals surface area (Å²) < 4.78 is 0.847. The van der Waals surface area contributed by atoms with E-state index in [1.54, 1.807) is 6.20 Å². The number of halogens is 1. The van der Waals surface area contributed by atoms with E-state index >= 15 is 0 Å². The van der Waals surface area contributed by atoms with E-state index < -0.39 is 0 Å². The Hall–Kier alpha value is -1.79. The van der Waals surface area contributed by atoms with E-state index in [1.165, 1.54) is 22.5 Å². The van der Waals surface area contributed by atoms with Crippen LogP contribution in [0.15, 0.2) is 39.8 Å². The minimum Gasteiger partial charge on any atom is -0.324 e. The third-order valence-corrected chi connectivity index (χ3v) is 4.24. The van der Waals surface area contributed by atoms with E-state index in [9.17, 15) is 0 Å². The van der Waals surface area contributed by atoms with Gasteiger partial charge in [0.25, 0.3) is 0 Å². The van der Waals surface area contributed by atoms with Gasteiger partial charge in [-0.05, 0) is 59.1 Å². The molecule has 2 heterocycles. The minimum absolute atomic E-state index is 0.571.